The third-order valence-corrected chi connectivity index (χ3v) is 3.14. The molecule has 3 rings (SSSR count). The maximum atomic E-state index is 10.2. The van der Waals surface area contributed by atoms with Gasteiger partial charge in [-0.3, -0.25) is 0 Å². The van der Waals surface area contributed by atoms with Crippen molar-refractivity contribution in [1.82, 2.24) is 4.98 Å². The quantitative estimate of drug-likeness (QED) is 0.510. The maximum absolute atomic E-state index is 10.2. The summed E-state index contributed by atoms with van der Waals surface area (Å²) in [6.07, 6.45) is 1.50. The predicted octanol–water partition coefficient (Wildman–Crippen LogP) is 3.52. The van der Waals surface area contributed by atoms with Gasteiger partial charge in [-0.05, 0) is 29.6 Å². The van der Waals surface area contributed by atoms with Crippen LogP contribution in [0.15, 0.2) is 45.1 Å². The zero-order valence-corrected chi connectivity index (χ0v) is 9.40. The van der Waals surface area contributed by atoms with Gasteiger partial charge in [0.15, 0.2) is 5.58 Å². The van der Waals surface area contributed by atoms with E-state index in [0.717, 1.165) is 4.88 Å². The van der Waals surface area contributed by atoms with E-state index in [2.05, 4.69) is 9.98 Å². The molecule has 0 amide bonds. The molecule has 0 aliphatic rings. The van der Waals surface area contributed by atoms with Crippen LogP contribution in [-0.4, -0.2) is 11.1 Å². The lowest BCUT2D eigenvalue weighted by Gasteiger charge is -1.87. The monoisotopic (exact) mass is 242 g/mol. The van der Waals surface area contributed by atoms with E-state index in [1.807, 2.05) is 17.5 Å². The Morgan fingerprint density at radius 1 is 1.35 bits per heavy atom. The number of aromatic nitrogens is 1. The minimum atomic E-state index is 0.526. The molecule has 2 heterocycles. The zero-order valence-electron chi connectivity index (χ0n) is 8.58. The lowest BCUT2D eigenvalue weighted by molar-refractivity contribution is 0.565. The normalized spacial score (nSPS) is 10.4. The SMILES string of the molecule is O=C=Nc1ccc2oc(-c3cccs3)nc2c1. The van der Waals surface area contributed by atoms with Crippen LogP contribution in [0.1, 0.15) is 0 Å². The Morgan fingerprint density at radius 2 is 2.29 bits per heavy atom. The summed E-state index contributed by atoms with van der Waals surface area (Å²) in [4.78, 5) is 19.0. The number of carbonyl (C=O) groups excluding carboxylic acids is 1. The van der Waals surface area contributed by atoms with Gasteiger partial charge in [-0.1, -0.05) is 6.07 Å². The van der Waals surface area contributed by atoms with Crippen LogP contribution in [0.4, 0.5) is 5.69 Å². The fourth-order valence-electron chi connectivity index (χ4n) is 1.54. The highest BCUT2D eigenvalue weighted by Crippen LogP contribution is 2.29. The third kappa shape index (κ3) is 1.78. The molecule has 0 fully saturated rings. The van der Waals surface area contributed by atoms with Gasteiger partial charge in [-0.2, -0.15) is 4.99 Å². The molecule has 2 aromatic heterocycles. The number of aliphatic imine (C=N–C) groups is 1. The van der Waals surface area contributed by atoms with Gasteiger partial charge < -0.3 is 4.42 Å². The van der Waals surface area contributed by atoms with E-state index in [9.17, 15) is 4.79 Å². The van der Waals surface area contributed by atoms with E-state index < -0.39 is 0 Å². The summed E-state index contributed by atoms with van der Waals surface area (Å²) in [6.45, 7) is 0. The van der Waals surface area contributed by atoms with Crippen molar-refractivity contribution in [3.8, 4) is 10.8 Å². The minimum absolute atomic E-state index is 0.526. The Hall–Kier alpha value is -2.23. The van der Waals surface area contributed by atoms with Crippen LogP contribution in [0, 0.1) is 0 Å². The molecule has 5 heteroatoms. The first-order valence-electron chi connectivity index (χ1n) is 4.89. The summed E-state index contributed by atoms with van der Waals surface area (Å²) in [5, 5.41) is 1.96. The molecule has 0 aliphatic heterocycles. The van der Waals surface area contributed by atoms with Gasteiger partial charge in [0.05, 0.1) is 10.6 Å². The third-order valence-electron chi connectivity index (χ3n) is 2.28. The summed E-state index contributed by atoms with van der Waals surface area (Å²) in [6, 6.07) is 9.02. The van der Waals surface area contributed by atoms with Gasteiger partial charge in [-0.15, -0.1) is 11.3 Å². The lowest BCUT2D eigenvalue weighted by Crippen LogP contribution is -1.70. The molecule has 17 heavy (non-hydrogen) atoms. The van der Waals surface area contributed by atoms with Gasteiger partial charge in [0.25, 0.3) is 0 Å². The van der Waals surface area contributed by atoms with Gasteiger partial charge in [-0.25, -0.2) is 9.78 Å². The van der Waals surface area contributed by atoms with E-state index in [4.69, 9.17) is 4.42 Å². The van der Waals surface area contributed by atoms with Gasteiger partial charge in [0.2, 0.25) is 12.0 Å². The number of hydrogen-bond donors (Lipinski definition) is 0. The fourth-order valence-corrected chi connectivity index (χ4v) is 2.19. The molecular formula is C12H6N2O2S. The minimum Gasteiger partial charge on any atom is -0.435 e. The molecule has 0 saturated carbocycles. The van der Waals surface area contributed by atoms with Gasteiger partial charge in [0.1, 0.15) is 5.52 Å². The Bertz CT molecular complexity index is 709. The highest BCUT2D eigenvalue weighted by molar-refractivity contribution is 7.13. The molecule has 4 nitrogen and oxygen atoms in total. The van der Waals surface area contributed by atoms with E-state index in [-0.39, 0.29) is 0 Å². The molecule has 0 aliphatic carbocycles. The highest BCUT2D eigenvalue weighted by Gasteiger charge is 2.09. The van der Waals surface area contributed by atoms with E-state index >= 15 is 0 Å². The fraction of sp³-hybridized carbons (Fsp3) is 0. The van der Waals surface area contributed by atoms with Crippen LogP contribution in [0.25, 0.3) is 21.9 Å². The van der Waals surface area contributed by atoms with Crippen molar-refractivity contribution in [3.05, 3.63) is 35.7 Å². The standard InChI is InChI=1S/C12H6N2O2S/c15-7-13-8-3-4-10-9(6-8)14-12(16-10)11-2-1-5-17-11/h1-6H. The Kier molecular flexibility index (Phi) is 2.33. The van der Waals surface area contributed by atoms with Crippen molar-refractivity contribution in [2.45, 2.75) is 0 Å². The maximum Gasteiger partial charge on any atom is 0.240 e. The second-order valence-electron chi connectivity index (χ2n) is 3.35. The zero-order chi connectivity index (χ0) is 11.7. The number of fused-ring (bicyclic) bond motifs is 1. The van der Waals surface area contributed by atoms with E-state index in [0.29, 0.717) is 22.7 Å². The summed E-state index contributed by atoms with van der Waals surface area (Å²) in [5.41, 5.74) is 1.89. The molecular weight excluding hydrogens is 236 g/mol. The molecule has 0 saturated heterocycles. The van der Waals surface area contributed by atoms with E-state index in [1.165, 1.54) is 6.08 Å². The first-order chi connectivity index (χ1) is 8.36. The Balaban J connectivity index is 2.16. The first-order valence-corrected chi connectivity index (χ1v) is 5.77. The topological polar surface area (TPSA) is 55.5 Å². The largest absolute Gasteiger partial charge is 0.435 e. The summed E-state index contributed by atoms with van der Waals surface area (Å²) >= 11 is 1.56. The van der Waals surface area contributed by atoms with Crippen molar-refractivity contribution in [1.29, 1.82) is 0 Å². The number of oxazole rings is 1. The number of benzene rings is 1. The summed E-state index contributed by atoms with van der Waals surface area (Å²) in [5.74, 6) is 0.585. The molecule has 82 valence electrons. The van der Waals surface area contributed by atoms with Crippen LogP contribution in [-0.2, 0) is 4.79 Å². The van der Waals surface area contributed by atoms with Crippen LogP contribution in [0.3, 0.4) is 0 Å². The van der Waals surface area contributed by atoms with Crippen molar-refractivity contribution in [2.24, 2.45) is 4.99 Å². The van der Waals surface area contributed by atoms with Crippen molar-refractivity contribution in [2.75, 3.05) is 0 Å². The Morgan fingerprint density at radius 3 is 3.06 bits per heavy atom. The number of rotatable bonds is 2. The van der Waals surface area contributed by atoms with Gasteiger partial charge in [0, 0.05) is 0 Å². The number of hydrogen-bond acceptors (Lipinski definition) is 5. The van der Waals surface area contributed by atoms with Gasteiger partial charge >= 0.3 is 0 Å². The Labute approximate surface area is 100 Å². The molecule has 0 atom stereocenters. The van der Waals surface area contributed by atoms with Crippen molar-refractivity contribution in [3.63, 3.8) is 0 Å². The number of thiophene rings is 1. The summed E-state index contributed by atoms with van der Waals surface area (Å²) in [7, 11) is 0. The predicted molar refractivity (Wildman–Crippen MR) is 65.1 cm³/mol. The number of nitrogens with zero attached hydrogens (tertiary/aromatic N) is 2. The second-order valence-corrected chi connectivity index (χ2v) is 4.30. The van der Waals surface area contributed by atoms with Crippen LogP contribution >= 0.6 is 11.3 Å². The molecule has 0 spiro atoms. The second kappa shape index (κ2) is 3.97. The van der Waals surface area contributed by atoms with Crippen molar-refractivity contribution < 1.29 is 9.21 Å². The average Bonchev–Trinajstić information content (AvgIpc) is 2.97. The molecule has 0 N–H and O–H groups in total. The molecule has 0 bridgehead atoms. The molecule has 3 aromatic rings. The number of isocyanates is 1. The highest BCUT2D eigenvalue weighted by atomic mass is 32.1. The van der Waals surface area contributed by atoms with E-state index in [1.54, 1.807) is 29.5 Å². The molecule has 0 radical (unpaired) electrons. The van der Waals surface area contributed by atoms with Crippen molar-refractivity contribution >= 4 is 34.2 Å². The van der Waals surface area contributed by atoms with Crippen LogP contribution in [0.5, 0.6) is 0 Å². The molecule has 0 unspecified atom stereocenters. The van der Waals surface area contributed by atoms with Crippen LogP contribution in [0.2, 0.25) is 0 Å². The first kappa shape index (κ1) is 9.96. The smallest absolute Gasteiger partial charge is 0.240 e. The average molecular weight is 242 g/mol. The summed E-state index contributed by atoms with van der Waals surface area (Å²) < 4.78 is 5.60. The lowest BCUT2D eigenvalue weighted by atomic mass is 10.3. The van der Waals surface area contributed by atoms with Crippen LogP contribution < -0.4 is 0 Å². The molecule has 1 aromatic carbocycles.